The third-order valence-electron chi connectivity index (χ3n) is 21.5. The van der Waals surface area contributed by atoms with E-state index in [1.807, 2.05) is 6.92 Å². The highest BCUT2D eigenvalue weighted by molar-refractivity contribution is 5.94. The van der Waals surface area contributed by atoms with Gasteiger partial charge in [-0.2, -0.15) is 0 Å². The summed E-state index contributed by atoms with van der Waals surface area (Å²) in [5.41, 5.74) is -0.616. The lowest BCUT2D eigenvalue weighted by molar-refractivity contribution is -0.298. The fourth-order valence-electron chi connectivity index (χ4n) is 14.3. The van der Waals surface area contributed by atoms with Crippen LogP contribution in [0.4, 0.5) is 0 Å². The van der Waals surface area contributed by atoms with Gasteiger partial charge in [-0.1, -0.05) is 153 Å². The summed E-state index contributed by atoms with van der Waals surface area (Å²) in [5, 5.41) is 26.1. The van der Waals surface area contributed by atoms with Crippen LogP contribution in [0.2, 0.25) is 0 Å². The van der Waals surface area contributed by atoms with Crippen molar-refractivity contribution < 1.29 is 148 Å². The molecular weight excluding hydrogens is 1820 g/mol. The van der Waals surface area contributed by atoms with Gasteiger partial charge < -0.3 is 108 Å². The van der Waals surface area contributed by atoms with Crippen molar-refractivity contribution in [2.75, 3.05) is 98.8 Å². The topological polar surface area (TPSA) is 487 Å². The first-order valence-corrected chi connectivity index (χ1v) is 46.2. The number of aliphatic carboxylic acids is 1. The Labute approximate surface area is 808 Å². The number of hydrogen-bond acceptors (Lipinski definition) is 30. The van der Waals surface area contributed by atoms with Gasteiger partial charge in [0.15, 0.2) is 49.2 Å². The molecule has 0 bridgehead atoms. The molecule has 10 atom stereocenters. The third kappa shape index (κ3) is 36.8. The number of rotatable bonds is 58. The fourth-order valence-corrected chi connectivity index (χ4v) is 14.3. The molecule has 0 aliphatic carbocycles. The molecule has 37 heteroatoms. The zero-order chi connectivity index (χ0) is 99.5. The second-order valence-corrected chi connectivity index (χ2v) is 32.3. The molecule has 140 heavy (non-hydrogen) atoms. The SMILES string of the molecule is CCCNC(=O)CCOCC(COCCC(=O)NCCCNC(=O)CCCO[C@@H]1OC(COC(=O)c2ccccc2)[C@@H](OC(=O)c2ccccc2)C(OC(=O)c2ccccc2)C1OC(=O)c1ccccc1)(COCCC(=O)NCCCNC(=O)CCCO[C@@H]1OC(COC(=O)c2ccccc2)[C@@H](OC(=O)c2ccccc2)C(OC(=O)c2ccccc2)C1OC(=O)c1ccccc1)NC(=O)CCCC(=O)O. The molecule has 2 aliphatic rings. The number of esters is 8. The summed E-state index contributed by atoms with van der Waals surface area (Å²) in [7, 11) is 0. The second-order valence-electron chi connectivity index (χ2n) is 32.3. The molecule has 2 fully saturated rings. The molecule has 0 aromatic heterocycles. The first-order chi connectivity index (χ1) is 68.0. The first-order valence-electron chi connectivity index (χ1n) is 46.2. The number of ether oxygens (including phenoxy) is 15. The van der Waals surface area contributed by atoms with Crippen molar-refractivity contribution in [2.24, 2.45) is 0 Å². The minimum absolute atomic E-state index is 0.0336. The van der Waals surface area contributed by atoms with E-state index in [0.717, 1.165) is 0 Å². The maximum atomic E-state index is 14.1. The highest BCUT2D eigenvalue weighted by atomic mass is 16.8. The summed E-state index contributed by atoms with van der Waals surface area (Å²) >= 11 is 0. The predicted molar refractivity (Wildman–Crippen MR) is 498 cm³/mol. The van der Waals surface area contributed by atoms with Gasteiger partial charge in [-0.3, -0.25) is 33.6 Å². The molecule has 2 aliphatic heterocycles. The number of nitrogens with one attached hydrogen (secondary N) is 6. The molecule has 8 aromatic rings. The van der Waals surface area contributed by atoms with Crippen LogP contribution in [-0.4, -0.2) is 260 Å². The average molecular weight is 1930 g/mol. The predicted octanol–water partition coefficient (Wildman–Crippen LogP) is 9.20. The highest BCUT2D eigenvalue weighted by Gasteiger charge is 2.56. The summed E-state index contributed by atoms with van der Waals surface area (Å²) in [5.74, 6) is -10.7. The van der Waals surface area contributed by atoms with Crippen LogP contribution < -0.4 is 31.9 Å². The van der Waals surface area contributed by atoms with Crippen LogP contribution in [0.15, 0.2) is 243 Å². The quantitative estimate of drug-likeness (QED) is 0.0106. The molecule has 2 heterocycles. The number of carboxylic acids is 1. The summed E-state index contributed by atoms with van der Waals surface area (Å²) in [4.78, 5) is 202. The van der Waals surface area contributed by atoms with E-state index in [4.69, 9.17) is 71.1 Å². The maximum absolute atomic E-state index is 14.1. The fraction of sp³-hybridized carbons (Fsp3) is 0.388. The highest BCUT2D eigenvalue weighted by Crippen LogP contribution is 2.35. The largest absolute Gasteiger partial charge is 0.481 e. The van der Waals surface area contributed by atoms with E-state index in [9.17, 15) is 77.0 Å². The molecule has 37 nitrogen and oxygen atoms in total. The Bertz CT molecular complexity index is 4980. The molecule has 8 aromatic carbocycles. The molecule has 6 amide bonds. The van der Waals surface area contributed by atoms with E-state index in [-0.39, 0.29) is 206 Å². The number of carbonyl (C=O) groups is 15. The Morgan fingerprint density at radius 1 is 0.279 bits per heavy atom. The van der Waals surface area contributed by atoms with Crippen LogP contribution in [0.5, 0.6) is 0 Å². The first kappa shape index (κ1) is 108. The van der Waals surface area contributed by atoms with Crippen LogP contribution in [0.1, 0.15) is 173 Å². The van der Waals surface area contributed by atoms with Crippen LogP contribution in [0.25, 0.3) is 0 Å². The van der Waals surface area contributed by atoms with Crippen molar-refractivity contribution in [1.82, 2.24) is 31.9 Å². The molecule has 10 rings (SSSR count). The van der Waals surface area contributed by atoms with Crippen molar-refractivity contribution in [3.63, 3.8) is 0 Å². The Balaban J connectivity index is 0.692. The Hall–Kier alpha value is -14.5. The smallest absolute Gasteiger partial charge is 0.338 e. The maximum Gasteiger partial charge on any atom is 0.338 e. The Morgan fingerprint density at radius 3 is 0.807 bits per heavy atom. The Kier molecular flexibility index (Phi) is 45.3. The summed E-state index contributed by atoms with van der Waals surface area (Å²) in [6.45, 7) is -0.366. The van der Waals surface area contributed by atoms with E-state index < -0.39 is 163 Å². The third-order valence-corrected chi connectivity index (χ3v) is 21.5. The second kappa shape index (κ2) is 59.0. The lowest BCUT2D eigenvalue weighted by Gasteiger charge is -2.44. The van der Waals surface area contributed by atoms with Crippen molar-refractivity contribution in [2.45, 2.75) is 157 Å². The number of amides is 6. The molecule has 7 N–H and O–H groups in total. The van der Waals surface area contributed by atoms with Crippen LogP contribution >= 0.6 is 0 Å². The summed E-state index contributed by atoms with van der Waals surface area (Å²) in [6.07, 6.45) is -15.9. The summed E-state index contributed by atoms with van der Waals surface area (Å²) in [6, 6.07) is 63.2. The molecule has 744 valence electrons. The van der Waals surface area contributed by atoms with Crippen molar-refractivity contribution >= 4 is 89.2 Å². The summed E-state index contributed by atoms with van der Waals surface area (Å²) < 4.78 is 91.6. The van der Waals surface area contributed by atoms with Gasteiger partial charge in [-0.05, 0) is 136 Å². The van der Waals surface area contributed by atoms with E-state index >= 15 is 0 Å². The van der Waals surface area contributed by atoms with Crippen LogP contribution in [-0.2, 0) is 105 Å². The van der Waals surface area contributed by atoms with Gasteiger partial charge in [0, 0.05) is 77.7 Å². The average Bonchev–Trinajstić information content (AvgIpc) is 0.777. The van der Waals surface area contributed by atoms with Gasteiger partial charge in [0.05, 0.1) is 97.4 Å². The minimum Gasteiger partial charge on any atom is -0.481 e. The lowest BCUT2D eigenvalue weighted by Crippen LogP contribution is -2.63. The normalized spacial score (nSPS) is 17.9. The van der Waals surface area contributed by atoms with E-state index in [1.54, 1.807) is 146 Å². The van der Waals surface area contributed by atoms with Gasteiger partial charge >= 0.3 is 53.7 Å². The van der Waals surface area contributed by atoms with E-state index in [0.29, 0.717) is 13.0 Å². The van der Waals surface area contributed by atoms with E-state index in [1.165, 1.54) is 97.1 Å². The van der Waals surface area contributed by atoms with Gasteiger partial charge in [0.2, 0.25) is 35.4 Å². The number of benzene rings is 8. The van der Waals surface area contributed by atoms with Gasteiger partial charge in [-0.15, -0.1) is 0 Å². The van der Waals surface area contributed by atoms with Crippen molar-refractivity contribution in [3.8, 4) is 0 Å². The number of hydrogen-bond donors (Lipinski definition) is 7. The standard InChI is InChI=1S/C103H116N6O31/c1-2-55-104-82(112)52-62-126-67-103(109-85(115)48-27-51-86(116)117,68-127-63-53-83(113)107-58-30-56-105-80(110)49-28-60-129-101-91(139-99(124)76-44-23-9-24-45-76)89(137-97(122)74-40-19-7-20-41-74)87(135-95(120)72-36-15-5-16-37-72)78(133-101)65-131-93(118)70-32-11-3-12-33-70)69-128-64-54-84(114)108-59-31-57-106-81(111)50-29-61-130-102-92(140-100(125)77-46-25-10-26-47-77)90(138-98(123)75-42-21-8-22-43-75)88(136-96(121)73-38-17-6-18-39-73)79(134-102)66-132-94(119)71-34-13-4-14-35-71/h3-26,32-47,78-79,87-92,101-102H,2,27-31,48-69H2,1H3,(H,104,112)(H,105,110)(H,106,111)(H,107,113)(H,108,114)(H,109,115)(H,116,117)/t78?,79?,87-,88-,89?,90?,91?,92?,101-,102-,103?/m1/s1. The molecule has 0 radical (unpaired) electrons. The van der Waals surface area contributed by atoms with Gasteiger partial charge in [0.1, 0.15) is 31.0 Å². The van der Waals surface area contributed by atoms with Crippen LogP contribution in [0.3, 0.4) is 0 Å². The lowest BCUT2D eigenvalue weighted by atomic mass is 9.97. The minimum atomic E-state index is -1.68. The number of carbonyl (C=O) groups excluding carboxylic acids is 14. The zero-order valence-corrected chi connectivity index (χ0v) is 77.4. The van der Waals surface area contributed by atoms with Crippen molar-refractivity contribution in [3.05, 3.63) is 287 Å². The molecule has 0 saturated carbocycles. The van der Waals surface area contributed by atoms with Gasteiger partial charge in [-0.25, -0.2) is 38.4 Å². The van der Waals surface area contributed by atoms with Crippen molar-refractivity contribution in [1.29, 1.82) is 0 Å². The molecular formula is C103H116N6O31. The monoisotopic (exact) mass is 1930 g/mol. The van der Waals surface area contributed by atoms with E-state index in [2.05, 4.69) is 31.9 Å². The molecule has 0 spiro atoms. The zero-order valence-electron chi connectivity index (χ0n) is 77.4. The molecule has 6 unspecified atom stereocenters. The number of carboxylic acid groups (broad SMARTS) is 1. The molecule has 2 saturated heterocycles. The van der Waals surface area contributed by atoms with Gasteiger partial charge in [0.25, 0.3) is 0 Å². The Morgan fingerprint density at radius 2 is 0.529 bits per heavy atom. The van der Waals surface area contributed by atoms with Crippen LogP contribution in [0, 0.1) is 0 Å².